The van der Waals surface area contributed by atoms with Gasteiger partial charge in [-0.2, -0.15) is 0 Å². The molecule has 0 spiro atoms. The molecule has 0 unspecified atom stereocenters. The van der Waals surface area contributed by atoms with Gasteiger partial charge in [-0.3, -0.25) is 0 Å². The third-order valence-corrected chi connectivity index (χ3v) is 2.92. The van der Waals surface area contributed by atoms with Crippen LogP contribution >= 0.6 is 7.14 Å². The fourth-order valence-corrected chi connectivity index (χ4v) is 1.68. The van der Waals surface area contributed by atoms with Gasteiger partial charge < -0.3 is 4.57 Å². The van der Waals surface area contributed by atoms with E-state index >= 15 is 0 Å². The van der Waals surface area contributed by atoms with E-state index in [-0.39, 0.29) is 0 Å². The molecule has 0 amide bonds. The van der Waals surface area contributed by atoms with Crippen molar-refractivity contribution in [1.82, 2.24) is 0 Å². The minimum atomic E-state index is -2.02. The van der Waals surface area contributed by atoms with Gasteiger partial charge in [-0.25, -0.2) is 0 Å². The van der Waals surface area contributed by atoms with Gasteiger partial charge in [0.25, 0.3) is 0 Å². The van der Waals surface area contributed by atoms with Crippen molar-refractivity contribution >= 4 is 12.4 Å². The Morgan fingerprint density at radius 2 is 1.60 bits per heavy atom. The Bertz CT molecular complexity index is 247. The predicted octanol–water partition coefficient (Wildman–Crippen LogP) is 1.93. The molecule has 1 aromatic rings. The third-order valence-electron chi connectivity index (χ3n) is 1.38. The van der Waals surface area contributed by atoms with Gasteiger partial charge in [0, 0.05) is 5.30 Å². The molecule has 0 aliphatic rings. The van der Waals surface area contributed by atoms with Gasteiger partial charge in [-0.1, -0.05) is 30.3 Å². The summed E-state index contributed by atoms with van der Waals surface area (Å²) < 4.78 is 11.4. The highest BCUT2D eigenvalue weighted by Gasteiger charge is 2.08. The molecule has 54 valence electrons. The highest BCUT2D eigenvalue weighted by Crippen LogP contribution is 2.33. The molecule has 1 nitrogen and oxygen atoms in total. The second-order valence-corrected chi connectivity index (χ2v) is 5.90. The van der Waals surface area contributed by atoms with Crippen molar-refractivity contribution in [2.45, 2.75) is 0 Å². The molecule has 0 bridgehead atoms. The summed E-state index contributed by atoms with van der Waals surface area (Å²) in [5, 5.41) is 0.954. The molecule has 0 atom stereocenters. The summed E-state index contributed by atoms with van der Waals surface area (Å²) in [6.45, 7) is 3.56. The lowest BCUT2D eigenvalue weighted by Crippen LogP contribution is -2.00. The van der Waals surface area contributed by atoms with Crippen LogP contribution in [0.15, 0.2) is 30.3 Å². The minimum absolute atomic E-state index is 0.954. The summed E-state index contributed by atoms with van der Waals surface area (Å²) in [6.07, 6.45) is 0. The highest BCUT2D eigenvalue weighted by molar-refractivity contribution is 7.70. The van der Waals surface area contributed by atoms with Crippen molar-refractivity contribution in [2.75, 3.05) is 13.3 Å². The first kappa shape index (κ1) is 7.56. The quantitative estimate of drug-likeness (QED) is 0.565. The van der Waals surface area contributed by atoms with Crippen LogP contribution in [-0.4, -0.2) is 13.3 Å². The lowest BCUT2D eigenvalue weighted by Gasteiger charge is -2.04. The van der Waals surface area contributed by atoms with Crippen LogP contribution in [0.5, 0.6) is 0 Å². The van der Waals surface area contributed by atoms with E-state index in [1.54, 1.807) is 13.3 Å². The first-order chi connectivity index (χ1) is 4.61. The molecule has 1 aromatic carbocycles. The average molecular weight is 154 g/mol. The van der Waals surface area contributed by atoms with E-state index < -0.39 is 7.14 Å². The summed E-state index contributed by atoms with van der Waals surface area (Å²) in [4.78, 5) is 0. The Morgan fingerprint density at radius 1 is 1.10 bits per heavy atom. The van der Waals surface area contributed by atoms with Crippen molar-refractivity contribution in [3.05, 3.63) is 30.3 Å². The van der Waals surface area contributed by atoms with Crippen molar-refractivity contribution in [2.24, 2.45) is 0 Å². The predicted molar refractivity (Wildman–Crippen MR) is 45.5 cm³/mol. The lowest BCUT2D eigenvalue weighted by molar-refractivity contribution is 0.588. The van der Waals surface area contributed by atoms with Gasteiger partial charge in [0.15, 0.2) is 0 Å². The van der Waals surface area contributed by atoms with Crippen LogP contribution in [0.3, 0.4) is 0 Å². The Balaban J connectivity index is 3.09. The fourth-order valence-electron chi connectivity index (χ4n) is 0.787. The minimum Gasteiger partial charge on any atom is -0.319 e. The number of benzene rings is 1. The number of hydrogen-bond acceptors (Lipinski definition) is 1. The van der Waals surface area contributed by atoms with Gasteiger partial charge >= 0.3 is 0 Å². The van der Waals surface area contributed by atoms with Crippen molar-refractivity contribution in [1.29, 1.82) is 0 Å². The van der Waals surface area contributed by atoms with Gasteiger partial charge in [0.05, 0.1) is 0 Å². The van der Waals surface area contributed by atoms with E-state index in [1.807, 2.05) is 30.3 Å². The second kappa shape index (κ2) is 2.59. The first-order valence-electron chi connectivity index (χ1n) is 3.21. The molecule has 0 N–H and O–H groups in total. The highest BCUT2D eigenvalue weighted by atomic mass is 31.2. The average Bonchev–Trinajstić information content (AvgIpc) is 1.88. The molecule has 0 saturated heterocycles. The molecule has 0 heterocycles. The SMILES string of the molecule is CP(C)(=O)c1ccccc1. The van der Waals surface area contributed by atoms with E-state index in [0.29, 0.717) is 0 Å². The molecule has 1 rings (SSSR count). The molecule has 0 fully saturated rings. The molecule has 0 saturated carbocycles. The van der Waals surface area contributed by atoms with Crippen LogP contribution in [0.1, 0.15) is 0 Å². The topological polar surface area (TPSA) is 17.1 Å². The molecule has 2 heteroatoms. The van der Waals surface area contributed by atoms with Crippen LogP contribution < -0.4 is 5.30 Å². The van der Waals surface area contributed by atoms with E-state index in [4.69, 9.17) is 0 Å². The number of rotatable bonds is 1. The smallest absolute Gasteiger partial charge is 0.109 e. The van der Waals surface area contributed by atoms with E-state index in [2.05, 4.69) is 0 Å². The Kier molecular flexibility index (Phi) is 1.96. The lowest BCUT2D eigenvalue weighted by atomic mass is 10.4. The van der Waals surface area contributed by atoms with Gasteiger partial charge in [0.1, 0.15) is 7.14 Å². The van der Waals surface area contributed by atoms with Gasteiger partial charge in [0.2, 0.25) is 0 Å². The normalized spacial score (nSPS) is 11.4. The van der Waals surface area contributed by atoms with E-state index in [0.717, 1.165) is 5.30 Å². The summed E-state index contributed by atoms with van der Waals surface area (Å²) in [5.41, 5.74) is 0. The maximum absolute atomic E-state index is 11.4. The van der Waals surface area contributed by atoms with Gasteiger partial charge in [-0.05, 0) is 13.3 Å². The zero-order chi connectivity index (χ0) is 7.61. The van der Waals surface area contributed by atoms with E-state index in [9.17, 15) is 4.57 Å². The molecule has 0 aromatic heterocycles. The van der Waals surface area contributed by atoms with E-state index in [1.165, 1.54) is 0 Å². The van der Waals surface area contributed by atoms with Crippen LogP contribution in [0.4, 0.5) is 0 Å². The molecular formula is C8H11OP. The summed E-state index contributed by atoms with van der Waals surface area (Å²) >= 11 is 0. The number of hydrogen-bond donors (Lipinski definition) is 0. The maximum Gasteiger partial charge on any atom is 0.109 e. The monoisotopic (exact) mass is 154 g/mol. The standard InChI is InChI=1S/C8H11OP/c1-10(2,9)8-6-4-3-5-7-8/h3-7H,1-2H3. The molecular weight excluding hydrogens is 143 g/mol. The molecule has 0 aliphatic carbocycles. The third kappa shape index (κ3) is 1.71. The zero-order valence-corrected chi connectivity index (χ0v) is 7.14. The zero-order valence-electron chi connectivity index (χ0n) is 6.24. The summed E-state index contributed by atoms with van der Waals surface area (Å²) in [6, 6.07) is 9.56. The fraction of sp³-hybridized carbons (Fsp3) is 0.250. The summed E-state index contributed by atoms with van der Waals surface area (Å²) in [5.74, 6) is 0. The van der Waals surface area contributed by atoms with Crippen molar-refractivity contribution < 1.29 is 4.57 Å². The summed E-state index contributed by atoms with van der Waals surface area (Å²) in [7, 11) is -2.02. The van der Waals surface area contributed by atoms with Gasteiger partial charge in [-0.15, -0.1) is 0 Å². The van der Waals surface area contributed by atoms with Crippen LogP contribution in [-0.2, 0) is 4.57 Å². The van der Waals surface area contributed by atoms with Crippen LogP contribution in [0, 0.1) is 0 Å². The van der Waals surface area contributed by atoms with Crippen LogP contribution in [0.2, 0.25) is 0 Å². The second-order valence-electron chi connectivity index (χ2n) is 2.69. The largest absolute Gasteiger partial charge is 0.319 e. The molecule has 10 heavy (non-hydrogen) atoms. The molecule has 0 radical (unpaired) electrons. The Morgan fingerprint density at radius 3 is 1.90 bits per heavy atom. The molecule has 0 aliphatic heterocycles. The maximum atomic E-state index is 11.4. The Hall–Kier alpha value is -0.550. The Labute approximate surface area is 61.5 Å². The van der Waals surface area contributed by atoms with Crippen molar-refractivity contribution in [3.8, 4) is 0 Å². The first-order valence-corrected chi connectivity index (χ1v) is 5.81. The van der Waals surface area contributed by atoms with Crippen molar-refractivity contribution in [3.63, 3.8) is 0 Å². The van der Waals surface area contributed by atoms with Crippen LogP contribution in [0.25, 0.3) is 0 Å².